The lowest BCUT2D eigenvalue weighted by molar-refractivity contribution is 0.105. The Bertz CT molecular complexity index is 819. The largest absolute Gasteiger partial charge is 0.289 e. The lowest BCUT2D eigenvalue weighted by Gasteiger charge is -2.08. The number of benzene rings is 3. The molecule has 0 aliphatic heterocycles. The summed E-state index contributed by atoms with van der Waals surface area (Å²) in [7, 11) is 0. The molecule has 0 spiro atoms. The third-order valence-corrected chi connectivity index (χ3v) is 4.08. The molecule has 3 aromatic rings. The summed E-state index contributed by atoms with van der Waals surface area (Å²) < 4.78 is 0.961. The molecule has 0 aliphatic rings. The zero-order valence-electron chi connectivity index (χ0n) is 12.4. The highest BCUT2D eigenvalue weighted by atomic mass is 79.9. The van der Waals surface area contributed by atoms with Crippen molar-refractivity contribution in [2.45, 2.75) is 0 Å². The summed E-state index contributed by atoms with van der Waals surface area (Å²) >= 11 is 3.40. The minimum Gasteiger partial charge on any atom is -0.289 e. The number of halogens is 1. The van der Waals surface area contributed by atoms with Crippen LogP contribution in [0.25, 0.3) is 11.6 Å². The molecule has 0 aromatic heterocycles. The van der Waals surface area contributed by atoms with E-state index in [9.17, 15) is 4.79 Å². The van der Waals surface area contributed by atoms with E-state index in [2.05, 4.69) is 15.9 Å². The van der Waals surface area contributed by atoms with Gasteiger partial charge in [0.25, 0.3) is 0 Å². The van der Waals surface area contributed by atoms with Gasteiger partial charge in [-0.3, -0.25) is 4.79 Å². The predicted octanol–water partition coefficient (Wildman–Crippen LogP) is 5.87. The molecule has 0 saturated heterocycles. The van der Waals surface area contributed by atoms with Crippen LogP contribution < -0.4 is 0 Å². The van der Waals surface area contributed by atoms with Crippen molar-refractivity contribution in [1.29, 1.82) is 0 Å². The lowest BCUT2D eigenvalue weighted by atomic mass is 9.95. The van der Waals surface area contributed by atoms with Gasteiger partial charge in [0.05, 0.1) is 0 Å². The average molecular weight is 363 g/mol. The number of Topliss-reactive ketones (excluding diaryl/α,β-unsaturated/α-hetero) is 1. The zero-order chi connectivity index (χ0) is 16.1. The predicted molar refractivity (Wildman–Crippen MR) is 99.2 cm³/mol. The Labute approximate surface area is 144 Å². The number of allylic oxidation sites excluding steroid dienone is 1. The Balaban J connectivity index is 2.07. The Morgan fingerprint density at radius 3 is 1.87 bits per heavy atom. The van der Waals surface area contributed by atoms with Crippen molar-refractivity contribution in [3.8, 4) is 0 Å². The van der Waals surface area contributed by atoms with E-state index in [0.29, 0.717) is 11.1 Å². The first-order valence-corrected chi connectivity index (χ1v) is 8.16. The van der Waals surface area contributed by atoms with Gasteiger partial charge in [0.15, 0.2) is 5.78 Å². The molecule has 0 unspecified atom stereocenters. The third-order valence-electron chi connectivity index (χ3n) is 3.55. The summed E-state index contributed by atoms with van der Waals surface area (Å²) in [6, 6.07) is 27.1. The van der Waals surface area contributed by atoms with E-state index in [1.165, 1.54) is 0 Å². The fourth-order valence-corrected chi connectivity index (χ4v) is 2.63. The van der Waals surface area contributed by atoms with E-state index < -0.39 is 0 Å². The van der Waals surface area contributed by atoms with Gasteiger partial charge in [-0.1, -0.05) is 76.6 Å². The standard InChI is InChI=1S/C21H15BrO/c22-19-13-11-18(12-14-19)21(23)20(17-9-5-2-6-10-17)15-16-7-3-1-4-8-16/h1-15H. The van der Waals surface area contributed by atoms with Crippen LogP contribution in [0, 0.1) is 0 Å². The van der Waals surface area contributed by atoms with E-state index in [0.717, 1.165) is 15.6 Å². The molecule has 0 heterocycles. The minimum absolute atomic E-state index is 0.0209. The number of ketones is 1. The first kappa shape index (κ1) is 15.4. The topological polar surface area (TPSA) is 17.1 Å². The molecule has 0 aliphatic carbocycles. The van der Waals surface area contributed by atoms with Crippen LogP contribution in [-0.4, -0.2) is 5.78 Å². The Hall–Kier alpha value is -2.45. The fourth-order valence-electron chi connectivity index (χ4n) is 2.37. The van der Waals surface area contributed by atoms with Gasteiger partial charge in [0.2, 0.25) is 0 Å². The van der Waals surface area contributed by atoms with Gasteiger partial charge in [-0.15, -0.1) is 0 Å². The second-order valence-electron chi connectivity index (χ2n) is 5.17. The first-order valence-electron chi connectivity index (χ1n) is 7.36. The molecule has 0 atom stereocenters. The van der Waals surface area contributed by atoms with Crippen LogP contribution in [-0.2, 0) is 0 Å². The van der Waals surface area contributed by atoms with Gasteiger partial charge < -0.3 is 0 Å². The van der Waals surface area contributed by atoms with Crippen molar-refractivity contribution in [2.24, 2.45) is 0 Å². The monoisotopic (exact) mass is 362 g/mol. The lowest BCUT2D eigenvalue weighted by Crippen LogP contribution is -2.02. The minimum atomic E-state index is 0.0209. The zero-order valence-corrected chi connectivity index (χ0v) is 14.0. The summed E-state index contributed by atoms with van der Waals surface area (Å²) in [4.78, 5) is 13.0. The van der Waals surface area contributed by atoms with E-state index in [-0.39, 0.29) is 5.78 Å². The van der Waals surface area contributed by atoms with E-state index in [4.69, 9.17) is 0 Å². The van der Waals surface area contributed by atoms with E-state index in [1.807, 2.05) is 91.0 Å². The van der Waals surface area contributed by atoms with Crippen LogP contribution in [0.4, 0.5) is 0 Å². The van der Waals surface area contributed by atoms with Gasteiger partial charge in [0.1, 0.15) is 0 Å². The van der Waals surface area contributed by atoms with Crippen LogP contribution >= 0.6 is 15.9 Å². The van der Waals surface area contributed by atoms with Crippen LogP contribution in [0.15, 0.2) is 89.4 Å². The summed E-state index contributed by atoms with van der Waals surface area (Å²) in [6.07, 6.45) is 1.94. The summed E-state index contributed by atoms with van der Waals surface area (Å²) in [5.41, 5.74) is 3.31. The van der Waals surface area contributed by atoms with E-state index >= 15 is 0 Å². The molecular weight excluding hydrogens is 348 g/mol. The van der Waals surface area contributed by atoms with Crippen molar-refractivity contribution in [2.75, 3.05) is 0 Å². The molecule has 0 amide bonds. The molecule has 112 valence electrons. The molecule has 2 heteroatoms. The maximum atomic E-state index is 13.0. The van der Waals surface area contributed by atoms with Crippen LogP contribution in [0.2, 0.25) is 0 Å². The fraction of sp³-hybridized carbons (Fsp3) is 0. The molecule has 3 aromatic carbocycles. The second-order valence-corrected chi connectivity index (χ2v) is 6.09. The Kier molecular flexibility index (Phi) is 4.84. The molecule has 0 saturated carbocycles. The van der Waals surface area contributed by atoms with Crippen molar-refractivity contribution in [3.05, 3.63) is 106 Å². The van der Waals surface area contributed by atoms with Crippen LogP contribution in [0.3, 0.4) is 0 Å². The Morgan fingerprint density at radius 2 is 1.26 bits per heavy atom. The van der Waals surface area contributed by atoms with Crippen molar-refractivity contribution >= 4 is 33.4 Å². The summed E-state index contributed by atoms with van der Waals surface area (Å²) in [5, 5.41) is 0. The summed E-state index contributed by atoms with van der Waals surface area (Å²) in [6.45, 7) is 0. The third kappa shape index (κ3) is 3.85. The van der Waals surface area contributed by atoms with E-state index in [1.54, 1.807) is 0 Å². The molecule has 0 N–H and O–H groups in total. The number of carbonyl (C=O) groups is 1. The Morgan fingerprint density at radius 1 is 0.696 bits per heavy atom. The quantitative estimate of drug-likeness (QED) is 0.322. The summed E-state index contributed by atoms with van der Waals surface area (Å²) in [5.74, 6) is 0.0209. The molecular formula is C21H15BrO. The molecule has 1 nitrogen and oxygen atoms in total. The number of carbonyl (C=O) groups excluding carboxylic acids is 1. The molecule has 3 rings (SSSR count). The van der Waals surface area contributed by atoms with Crippen LogP contribution in [0.5, 0.6) is 0 Å². The molecule has 0 radical (unpaired) electrons. The van der Waals surface area contributed by atoms with Crippen molar-refractivity contribution < 1.29 is 4.79 Å². The average Bonchev–Trinajstić information content (AvgIpc) is 2.61. The normalized spacial score (nSPS) is 11.3. The highest BCUT2D eigenvalue weighted by Gasteiger charge is 2.14. The highest BCUT2D eigenvalue weighted by molar-refractivity contribution is 9.10. The van der Waals surface area contributed by atoms with Gasteiger partial charge in [0, 0.05) is 15.6 Å². The smallest absolute Gasteiger partial charge is 0.193 e. The maximum Gasteiger partial charge on any atom is 0.193 e. The van der Waals surface area contributed by atoms with Gasteiger partial charge in [-0.2, -0.15) is 0 Å². The van der Waals surface area contributed by atoms with Gasteiger partial charge in [-0.05, 0) is 41.5 Å². The van der Waals surface area contributed by atoms with Gasteiger partial charge >= 0.3 is 0 Å². The molecule has 0 bridgehead atoms. The second kappa shape index (κ2) is 7.21. The molecule has 23 heavy (non-hydrogen) atoms. The van der Waals surface area contributed by atoms with Crippen molar-refractivity contribution in [1.82, 2.24) is 0 Å². The first-order chi connectivity index (χ1) is 11.2. The van der Waals surface area contributed by atoms with Crippen LogP contribution in [0.1, 0.15) is 21.5 Å². The molecule has 0 fully saturated rings. The maximum absolute atomic E-state index is 13.0. The highest BCUT2D eigenvalue weighted by Crippen LogP contribution is 2.23. The number of hydrogen-bond donors (Lipinski definition) is 0. The number of rotatable bonds is 4. The SMILES string of the molecule is O=C(C(=Cc1ccccc1)c1ccccc1)c1ccc(Br)cc1. The van der Waals surface area contributed by atoms with Gasteiger partial charge in [-0.25, -0.2) is 0 Å². The number of hydrogen-bond acceptors (Lipinski definition) is 1. The van der Waals surface area contributed by atoms with Crippen molar-refractivity contribution in [3.63, 3.8) is 0 Å².